The third kappa shape index (κ3) is 3.24. The first kappa shape index (κ1) is 15.9. The molecule has 20 heavy (non-hydrogen) atoms. The Kier molecular flexibility index (Phi) is 5.23. The molecule has 1 aliphatic rings. The van der Waals surface area contributed by atoms with Crippen molar-refractivity contribution in [1.29, 1.82) is 0 Å². The molecule has 1 heterocycles. The molecule has 0 amide bonds. The van der Waals surface area contributed by atoms with Gasteiger partial charge in [-0.2, -0.15) is 4.31 Å². The summed E-state index contributed by atoms with van der Waals surface area (Å²) in [5, 5.41) is 3.14. The maximum absolute atomic E-state index is 12.8. The summed E-state index contributed by atoms with van der Waals surface area (Å²) in [5.41, 5.74) is 0.940. The maximum atomic E-state index is 12.8. The number of hydrogen-bond acceptors (Lipinski definition) is 3. The predicted octanol–water partition coefficient (Wildman–Crippen LogP) is 2.38. The summed E-state index contributed by atoms with van der Waals surface area (Å²) in [6.07, 6.45) is 2.01. The van der Waals surface area contributed by atoms with Gasteiger partial charge in [0.25, 0.3) is 0 Å². The van der Waals surface area contributed by atoms with Crippen molar-refractivity contribution in [1.82, 2.24) is 9.62 Å². The lowest BCUT2D eigenvalue weighted by atomic mass is 10.00. The zero-order chi connectivity index (χ0) is 14.8. The molecule has 1 aromatic carbocycles. The molecule has 1 atom stereocenters. The predicted molar refractivity (Wildman–Crippen MR) is 84.3 cm³/mol. The van der Waals surface area contributed by atoms with Crippen LogP contribution in [0.5, 0.6) is 0 Å². The van der Waals surface area contributed by atoms with Crippen LogP contribution >= 0.6 is 15.9 Å². The Morgan fingerprint density at radius 3 is 2.90 bits per heavy atom. The molecule has 0 unspecified atom stereocenters. The largest absolute Gasteiger partial charge is 0.319 e. The molecule has 1 aliphatic heterocycles. The fourth-order valence-electron chi connectivity index (χ4n) is 2.66. The second-order valence-electron chi connectivity index (χ2n) is 5.32. The van der Waals surface area contributed by atoms with E-state index in [4.69, 9.17) is 0 Å². The average Bonchev–Trinajstić information content (AvgIpc) is 2.42. The molecule has 0 saturated carbocycles. The lowest BCUT2D eigenvalue weighted by Crippen LogP contribution is -2.42. The third-order valence-corrected chi connectivity index (χ3v) is 6.97. The van der Waals surface area contributed by atoms with E-state index in [1.807, 2.05) is 20.0 Å². The van der Waals surface area contributed by atoms with E-state index < -0.39 is 10.0 Å². The van der Waals surface area contributed by atoms with Crippen LogP contribution in [0.2, 0.25) is 0 Å². The van der Waals surface area contributed by atoms with Gasteiger partial charge in [-0.15, -0.1) is 0 Å². The molecule has 2 rings (SSSR count). The summed E-state index contributed by atoms with van der Waals surface area (Å²) >= 11 is 3.41. The molecule has 112 valence electrons. The molecule has 1 fully saturated rings. The van der Waals surface area contributed by atoms with Crippen LogP contribution in [0.3, 0.4) is 0 Å². The summed E-state index contributed by atoms with van der Waals surface area (Å²) in [7, 11) is -1.50. The third-order valence-electron chi connectivity index (χ3n) is 3.75. The van der Waals surface area contributed by atoms with Crippen LogP contribution < -0.4 is 5.32 Å². The number of piperidine rings is 1. The van der Waals surface area contributed by atoms with Crippen LogP contribution in [0.25, 0.3) is 0 Å². The minimum atomic E-state index is -3.41. The highest BCUT2D eigenvalue weighted by molar-refractivity contribution is 9.10. The summed E-state index contributed by atoms with van der Waals surface area (Å²) in [6.45, 7) is 3.98. The van der Waals surface area contributed by atoms with Gasteiger partial charge >= 0.3 is 0 Å². The van der Waals surface area contributed by atoms with Crippen LogP contribution in [0.1, 0.15) is 18.4 Å². The molecule has 1 saturated heterocycles. The van der Waals surface area contributed by atoms with Crippen LogP contribution in [-0.4, -0.2) is 39.4 Å². The van der Waals surface area contributed by atoms with Crippen LogP contribution in [0.4, 0.5) is 0 Å². The molecule has 0 bridgehead atoms. The zero-order valence-electron chi connectivity index (χ0n) is 11.9. The molecule has 4 nitrogen and oxygen atoms in total. The van der Waals surface area contributed by atoms with Gasteiger partial charge in [0, 0.05) is 17.6 Å². The van der Waals surface area contributed by atoms with E-state index in [2.05, 4.69) is 21.2 Å². The van der Waals surface area contributed by atoms with E-state index in [9.17, 15) is 8.42 Å². The van der Waals surface area contributed by atoms with E-state index in [0.717, 1.165) is 24.9 Å². The Morgan fingerprint density at radius 2 is 2.20 bits per heavy atom. The first-order valence-corrected chi connectivity index (χ1v) is 9.10. The van der Waals surface area contributed by atoms with Crippen molar-refractivity contribution in [3.05, 3.63) is 28.2 Å². The fraction of sp³-hybridized carbons (Fsp3) is 0.571. The van der Waals surface area contributed by atoms with Gasteiger partial charge < -0.3 is 5.32 Å². The normalized spacial score (nSPS) is 21.1. The number of rotatable bonds is 4. The summed E-state index contributed by atoms with van der Waals surface area (Å²) in [4.78, 5) is 0.377. The van der Waals surface area contributed by atoms with Crippen molar-refractivity contribution in [2.45, 2.75) is 24.7 Å². The second kappa shape index (κ2) is 6.56. The number of hydrogen-bond donors (Lipinski definition) is 1. The van der Waals surface area contributed by atoms with Gasteiger partial charge in [-0.25, -0.2) is 8.42 Å². The quantitative estimate of drug-likeness (QED) is 0.896. The lowest BCUT2D eigenvalue weighted by Gasteiger charge is -2.32. The van der Waals surface area contributed by atoms with Crippen molar-refractivity contribution < 1.29 is 8.42 Å². The number of aryl methyl sites for hydroxylation is 1. The highest BCUT2D eigenvalue weighted by atomic mass is 79.9. The Morgan fingerprint density at radius 1 is 1.45 bits per heavy atom. The van der Waals surface area contributed by atoms with E-state index in [1.165, 1.54) is 0 Å². The molecule has 6 heteroatoms. The Labute approximate surface area is 129 Å². The van der Waals surface area contributed by atoms with Crippen molar-refractivity contribution >= 4 is 26.0 Å². The minimum absolute atomic E-state index is 0.377. The van der Waals surface area contributed by atoms with Crippen LogP contribution in [0.15, 0.2) is 27.6 Å². The Balaban J connectivity index is 2.28. The van der Waals surface area contributed by atoms with Gasteiger partial charge in [0.2, 0.25) is 10.0 Å². The summed E-state index contributed by atoms with van der Waals surface area (Å²) in [6, 6.07) is 5.37. The van der Waals surface area contributed by atoms with Crippen molar-refractivity contribution in [2.24, 2.45) is 5.92 Å². The zero-order valence-corrected chi connectivity index (χ0v) is 14.3. The molecular weight excluding hydrogens is 340 g/mol. The second-order valence-corrected chi connectivity index (χ2v) is 8.02. The van der Waals surface area contributed by atoms with Crippen molar-refractivity contribution in [3.63, 3.8) is 0 Å². The monoisotopic (exact) mass is 360 g/mol. The molecular formula is C14H21BrN2O2S. The SMILES string of the molecule is CNC[C@H]1CCCN(S(=O)(=O)c2cccc(C)c2Br)C1. The van der Waals surface area contributed by atoms with Crippen molar-refractivity contribution in [3.8, 4) is 0 Å². The topological polar surface area (TPSA) is 49.4 Å². The summed E-state index contributed by atoms with van der Waals surface area (Å²) in [5.74, 6) is 0.395. The van der Waals surface area contributed by atoms with Gasteiger partial charge in [0.1, 0.15) is 0 Å². The Bertz CT molecular complexity index is 573. The fourth-order valence-corrected chi connectivity index (χ4v) is 5.23. The molecule has 1 aromatic rings. The highest BCUT2D eigenvalue weighted by Crippen LogP contribution is 2.30. The number of sulfonamides is 1. The Hall–Kier alpha value is -0.430. The summed E-state index contributed by atoms with van der Waals surface area (Å²) < 4.78 is 27.9. The molecule has 1 N–H and O–H groups in total. The van der Waals surface area contributed by atoms with Crippen LogP contribution in [0, 0.1) is 12.8 Å². The number of halogens is 1. The number of nitrogens with zero attached hydrogens (tertiary/aromatic N) is 1. The molecule has 0 spiro atoms. The van der Waals surface area contributed by atoms with Gasteiger partial charge in [-0.3, -0.25) is 0 Å². The molecule has 0 aliphatic carbocycles. The maximum Gasteiger partial charge on any atom is 0.244 e. The van der Waals surface area contributed by atoms with Gasteiger partial charge in [0.05, 0.1) is 4.90 Å². The van der Waals surface area contributed by atoms with E-state index in [0.29, 0.717) is 28.4 Å². The standard InChI is InChI=1S/C14H21BrN2O2S/c1-11-5-3-7-13(14(11)15)20(18,19)17-8-4-6-12(10-17)9-16-2/h3,5,7,12,16H,4,6,8-10H2,1-2H3/t12-/m1/s1. The molecule has 0 aromatic heterocycles. The van der Waals surface area contributed by atoms with E-state index >= 15 is 0 Å². The molecule has 0 radical (unpaired) electrons. The highest BCUT2D eigenvalue weighted by Gasteiger charge is 2.31. The number of benzene rings is 1. The van der Waals surface area contributed by atoms with Gasteiger partial charge in [-0.1, -0.05) is 12.1 Å². The van der Waals surface area contributed by atoms with Gasteiger partial charge in [0.15, 0.2) is 0 Å². The first-order chi connectivity index (χ1) is 9.46. The lowest BCUT2D eigenvalue weighted by molar-refractivity contribution is 0.263. The van der Waals surface area contributed by atoms with E-state index in [-0.39, 0.29) is 0 Å². The van der Waals surface area contributed by atoms with Crippen molar-refractivity contribution in [2.75, 3.05) is 26.7 Å². The smallest absolute Gasteiger partial charge is 0.244 e. The number of nitrogens with one attached hydrogen (secondary N) is 1. The van der Waals surface area contributed by atoms with Crippen LogP contribution in [-0.2, 0) is 10.0 Å². The van der Waals surface area contributed by atoms with Gasteiger partial charge in [-0.05, 0) is 66.8 Å². The minimum Gasteiger partial charge on any atom is -0.319 e. The average molecular weight is 361 g/mol. The first-order valence-electron chi connectivity index (χ1n) is 6.86. The van der Waals surface area contributed by atoms with E-state index in [1.54, 1.807) is 16.4 Å².